The van der Waals surface area contributed by atoms with Crippen LogP contribution in [0, 0.1) is 0 Å². The summed E-state index contributed by atoms with van der Waals surface area (Å²) < 4.78 is 5.07. The smallest absolute Gasteiger partial charge is 0.326 e. The largest absolute Gasteiger partial charge is 0.497 e. The van der Waals surface area contributed by atoms with Crippen molar-refractivity contribution in [1.29, 1.82) is 0 Å². The van der Waals surface area contributed by atoms with Crippen LogP contribution in [-0.4, -0.2) is 36.0 Å². The number of methoxy groups -OCH3 is 1. The Labute approximate surface area is 151 Å². The highest BCUT2D eigenvalue weighted by Gasteiger charge is 2.21. The van der Waals surface area contributed by atoms with Gasteiger partial charge in [-0.05, 0) is 42.0 Å². The minimum Gasteiger partial charge on any atom is -0.497 e. The highest BCUT2D eigenvalue weighted by atomic mass is 16.5. The molecular weight excluding hydrogens is 336 g/mol. The van der Waals surface area contributed by atoms with Crippen molar-refractivity contribution in [3.05, 3.63) is 59.7 Å². The SMILES string of the molecule is COc1ccc(C[C@H](NC(=O)c2ccc(NC(C)=O)cc2)C(=O)O)cc1. The van der Waals surface area contributed by atoms with E-state index in [1.807, 2.05) is 0 Å². The van der Waals surface area contributed by atoms with E-state index in [4.69, 9.17) is 4.74 Å². The second-order valence-corrected chi connectivity index (χ2v) is 5.68. The zero-order chi connectivity index (χ0) is 19.1. The van der Waals surface area contributed by atoms with E-state index in [0.29, 0.717) is 17.0 Å². The van der Waals surface area contributed by atoms with Crippen molar-refractivity contribution in [2.75, 3.05) is 12.4 Å². The average Bonchev–Trinajstić information content (AvgIpc) is 2.61. The Hall–Kier alpha value is -3.35. The summed E-state index contributed by atoms with van der Waals surface area (Å²) in [6.07, 6.45) is 0.148. The van der Waals surface area contributed by atoms with Gasteiger partial charge in [-0.25, -0.2) is 4.79 Å². The monoisotopic (exact) mass is 356 g/mol. The van der Waals surface area contributed by atoms with Crippen LogP contribution in [0.25, 0.3) is 0 Å². The first-order valence-electron chi connectivity index (χ1n) is 7.93. The first-order chi connectivity index (χ1) is 12.4. The zero-order valence-electron chi connectivity index (χ0n) is 14.5. The molecule has 0 saturated heterocycles. The normalized spacial score (nSPS) is 11.3. The lowest BCUT2D eigenvalue weighted by Gasteiger charge is -2.15. The standard InChI is InChI=1S/C19H20N2O5/c1-12(22)20-15-7-5-14(6-8-15)18(23)21-17(19(24)25)11-13-3-9-16(26-2)10-4-13/h3-10,17H,11H2,1-2H3,(H,20,22)(H,21,23)(H,24,25)/t17-/m0/s1. The van der Waals surface area contributed by atoms with E-state index in [2.05, 4.69) is 10.6 Å². The van der Waals surface area contributed by atoms with E-state index >= 15 is 0 Å². The molecule has 0 aliphatic carbocycles. The highest BCUT2D eigenvalue weighted by molar-refractivity contribution is 5.97. The maximum Gasteiger partial charge on any atom is 0.326 e. The average molecular weight is 356 g/mol. The molecule has 1 atom stereocenters. The van der Waals surface area contributed by atoms with Crippen molar-refractivity contribution in [3.63, 3.8) is 0 Å². The Morgan fingerprint density at radius 1 is 1.04 bits per heavy atom. The molecule has 136 valence electrons. The lowest BCUT2D eigenvalue weighted by Crippen LogP contribution is -2.42. The van der Waals surface area contributed by atoms with Gasteiger partial charge >= 0.3 is 5.97 Å². The Kier molecular flexibility index (Phi) is 6.32. The van der Waals surface area contributed by atoms with Crippen molar-refractivity contribution in [2.45, 2.75) is 19.4 Å². The lowest BCUT2D eigenvalue weighted by molar-refractivity contribution is -0.139. The van der Waals surface area contributed by atoms with Gasteiger partial charge < -0.3 is 20.5 Å². The number of anilines is 1. The molecule has 0 heterocycles. The summed E-state index contributed by atoms with van der Waals surface area (Å²) in [5.74, 6) is -1.17. The molecule has 2 aromatic carbocycles. The van der Waals surface area contributed by atoms with Crippen molar-refractivity contribution >= 4 is 23.5 Å². The van der Waals surface area contributed by atoms with Crippen LogP contribution in [0.3, 0.4) is 0 Å². The molecule has 7 nitrogen and oxygen atoms in total. The zero-order valence-corrected chi connectivity index (χ0v) is 14.5. The van der Waals surface area contributed by atoms with Crippen LogP contribution in [0.2, 0.25) is 0 Å². The quantitative estimate of drug-likeness (QED) is 0.704. The first-order valence-corrected chi connectivity index (χ1v) is 7.93. The summed E-state index contributed by atoms with van der Waals surface area (Å²) in [5.41, 5.74) is 1.63. The third-order valence-electron chi connectivity index (χ3n) is 3.67. The van der Waals surface area contributed by atoms with E-state index in [-0.39, 0.29) is 12.3 Å². The molecule has 0 fully saturated rings. The summed E-state index contributed by atoms with van der Waals surface area (Å²) in [4.78, 5) is 34.8. The highest BCUT2D eigenvalue weighted by Crippen LogP contribution is 2.14. The third kappa shape index (κ3) is 5.34. The van der Waals surface area contributed by atoms with Gasteiger partial charge in [0.2, 0.25) is 5.91 Å². The number of carbonyl (C=O) groups is 3. The Morgan fingerprint density at radius 2 is 1.65 bits per heavy atom. The number of carboxylic acids is 1. The molecule has 3 N–H and O–H groups in total. The van der Waals surface area contributed by atoms with Crippen LogP contribution in [0.1, 0.15) is 22.8 Å². The van der Waals surface area contributed by atoms with E-state index in [0.717, 1.165) is 5.56 Å². The maximum absolute atomic E-state index is 12.3. The minimum absolute atomic E-state index is 0.148. The molecule has 0 radical (unpaired) electrons. The Bertz CT molecular complexity index is 785. The summed E-state index contributed by atoms with van der Waals surface area (Å²) in [7, 11) is 1.55. The summed E-state index contributed by atoms with van der Waals surface area (Å²) >= 11 is 0. The number of carbonyl (C=O) groups excluding carboxylic acids is 2. The number of hydrogen-bond donors (Lipinski definition) is 3. The topological polar surface area (TPSA) is 105 Å². The van der Waals surface area contributed by atoms with Crippen LogP contribution < -0.4 is 15.4 Å². The van der Waals surface area contributed by atoms with Gasteiger partial charge in [-0.3, -0.25) is 9.59 Å². The summed E-state index contributed by atoms with van der Waals surface area (Å²) in [6.45, 7) is 1.39. The Balaban J connectivity index is 2.04. The number of benzene rings is 2. The molecule has 0 spiro atoms. The molecule has 0 saturated carbocycles. The van der Waals surface area contributed by atoms with Crippen LogP contribution in [0.15, 0.2) is 48.5 Å². The van der Waals surface area contributed by atoms with Gasteiger partial charge in [-0.1, -0.05) is 12.1 Å². The second-order valence-electron chi connectivity index (χ2n) is 5.68. The van der Waals surface area contributed by atoms with Gasteiger partial charge in [0.25, 0.3) is 5.91 Å². The molecule has 0 aliphatic rings. The molecule has 0 unspecified atom stereocenters. The number of amides is 2. The van der Waals surface area contributed by atoms with Gasteiger partial charge in [0.1, 0.15) is 11.8 Å². The molecule has 0 aliphatic heterocycles. The van der Waals surface area contributed by atoms with Crippen LogP contribution >= 0.6 is 0 Å². The molecular formula is C19H20N2O5. The molecule has 2 aromatic rings. The van der Waals surface area contributed by atoms with Gasteiger partial charge in [-0.15, -0.1) is 0 Å². The van der Waals surface area contributed by atoms with Gasteiger partial charge in [0.05, 0.1) is 7.11 Å². The van der Waals surface area contributed by atoms with E-state index in [9.17, 15) is 19.5 Å². The predicted octanol–water partition coefficient (Wildman–Crippen LogP) is 2.08. The minimum atomic E-state index is -1.12. The van der Waals surface area contributed by atoms with E-state index in [1.54, 1.807) is 43.5 Å². The molecule has 2 amide bonds. The molecule has 0 aromatic heterocycles. The number of ether oxygens (including phenoxy) is 1. The fraction of sp³-hybridized carbons (Fsp3) is 0.211. The van der Waals surface area contributed by atoms with Gasteiger partial charge in [0, 0.05) is 24.6 Å². The van der Waals surface area contributed by atoms with Crippen molar-refractivity contribution in [1.82, 2.24) is 5.32 Å². The predicted molar refractivity (Wildman–Crippen MR) is 96.3 cm³/mol. The van der Waals surface area contributed by atoms with E-state index in [1.165, 1.54) is 19.1 Å². The number of hydrogen-bond acceptors (Lipinski definition) is 4. The molecule has 2 rings (SSSR count). The summed E-state index contributed by atoms with van der Waals surface area (Å²) in [5, 5.41) is 14.5. The number of carboxylic acid groups (broad SMARTS) is 1. The second kappa shape index (κ2) is 8.66. The lowest BCUT2D eigenvalue weighted by atomic mass is 10.1. The van der Waals surface area contributed by atoms with Crippen molar-refractivity contribution in [2.24, 2.45) is 0 Å². The van der Waals surface area contributed by atoms with Crippen LogP contribution in [-0.2, 0) is 16.0 Å². The number of rotatable bonds is 7. The number of nitrogens with one attached hydrogen (secondary N) is 2. The maximum atomic E-state index is 12.3. The van der Waals surface area contributed by atoms with Crippen LogP contribution in [0.4, 0.5) is 5.69 Å². The molecule has 0 bridgehead atoms. The first kappa shape index (κ1) is 19.0. The third-order valence-corrected chi connectivity index (χ3v) is 3.67. The van der Waals surface area contributed by atoms with Crippen molar-refractivity contribution < 1.29 is 24.2 Å². The van der Waals surface area contributed by atoms with E-state index < -0.39 is 17.9 Å². The molecule has 7 heteroatoms. The fourth-order valence-corrected chi connectivity index (χ4v) is 2.35. The van der Waals surface area contributed by atoms with Crippen molar-refractivity contribution in [3.8, 4) is 5.75 Å². The van der Waals surface area contributed by atoms with Gasteiger partial charge in [0.15, 0.2) is 0 Å². The number of aliphatic carboxylic acids is 1. The Morgan fingerprint density at radius 3 is 2.15 bits per heavy atom. The fourth-order valence-electron chi connectivity index (χ4n) is 2.35. The summed E-state index contributed by atoms with van der Waals surface area (Å²) in [6, 6.07) is 12.1. The molecule has 26 heavy (non-hydrogen) atoms. The van der Waals surface area contributed by atoms with Gasteiger partial charge in [-0.2, -0.15) is 0 Å². The van der Waals surface area contributed by atoms with Crippen LogP contribution in [0.5, 0.6) is 5.75 Å².